The molecule has 0 saturated heterocycles. The van der Waals surface area contributed by atoms with Gasteiger partial charge in [-0.2, -0.15) is 0 Å². The van der Waals surface area contributed by atoms with Gasteiger partial charge in [0.1, 0.15) is 5.69 Å². The molecule has 76 valence electrons. The Bertz CT molecular complexity index is 379. The van der Waals surface area contributed by atoms with E-state index in [0.29, 0.717) is 0 Å². The summed E-state index contributed by atoms with van der Waals surface area (Å²) in [5.41, 5.74) is 9.62. The van der Waals surface area contributed by atoms with Gasteiger partial charge in [0.15, 0.2) is 0 Å². The predicted molar refractivity (Wildman–Crippen MR) is 46.9 cm³/mol. The van der Waals surface area contributed by atoms with Crippen molar-refractivity contribution in [2.45, 2.75) is 13.3 Å². The normalized spacial score (nSPS) is 10.6. The largest absolute Gasteiger partial charge is 0.397 e. The van der Waals surface area contributed by atoms with E-state index < -0.39 is 23.6 Å². The number of carbonyl (C=O) groups excluding carboxylic acids is 1. The smallest absolute Gasteiger partial charge is 0.267 e. The number of hydrogen-bond donors (Lipinski definition) is 2. The first kappa shape index (κ1) is 10.4. The van der Waals surface area contributed by atoms with E-state index in [1.807, 2.05) is 0 Å². The highest BCUT2D eigenvalue weighted by Crippen LogP contribution is 2.27. The molecule has 0 spiro atoms. The van der Waals surface area contributed by atoms with Gasteiger partial charge in [-0.15, -0.1) is 0 Å². The topological polar surface area (TPSA) is 82.0 Å². The summed E-state index contributed by atoms with van der Waals surface area (Å²) in [7, 11) is 0. The van der Waals surface area contributed by atoms with Gasteiger partial charge in [-0.3, -0.25) is 4.79 Å². The average Bonchev–Trinajstić information content (AvgIpc) is 2.08. The highest BCUT2D eigenvalue weighted by molar-refractivity contribution is 5.93. The van der Waals surface area contributed by atoms with Crippen molar-refractivity contribution < 1.29 is 13.6 Å². The molecule has 1 aromatic heterocycles. The number of primary amides is 1. The standard InChI is InChI=1S/C8H9F2N3O/c1-3-4(11)2-13-6(8(12)14)5(3)7(9)10/h2,7H,11H2,1H3,(H2,12,14). The maximum Gasteiger partial charge on any atom is 0.267 e. The van der Waals surface area contributed by atoms with E-state index in [1.54, 1.807) is 0 Å². The zero-order valence-electron chi connectivity index (χ0n) is 7.42. The number of rotatable bonds is 2. The molecule has 0 bridgehead atoms. The van der Waals surface area contributed by atoms with Gasteiger partial charge in [-0.1, -0.05) is 0 Å². The molecule has 0 aliphatic heterocycles. The van der Waals surface area contributed by atoms with Crippen molar-refractivity contribution in [3.63, 3.8) is 0 Å². The monoisotopic (exact) mass is 201 g/mol. The van der Waals surface area contributed by atoms with Crippen LogP contribution >= 0.6 is 0 Å². The van der Waals surface area contributed by atoms with Crippen molar-refractivity contribution in [3.8, 4) is 0 Å². The molecule has 0 atom stereocenters. The minimum atomic E-state index is -2.81. The number of nitrogen functional groups attached to an aromatic ring is 1. The van der Waals surface area contributed by atoms with Crippen LogP contribution in [0.5, 0.6) is 0 Å². The lowest BCUT2D eigenvalue weighted by atomic mass is 10.1. The highest BCUT2D eigenvalue weighted by Gasteiger charge is 2.21. The molecule has 0 unspecified atom stereocenters. The first-order valence-electron chi connectivity index (χ1n) is 3.78. The molecule has 1 heterocycles. The van der Waals surface area contributed by atoms with E-state index in [9.17, 15) is 13.6 Å². The number of carbonyl (C=O) groups is 1. The Kier molecular flexibility index (Phi) is 2.64. The van der Waals surface area contributed by atoms with Gasteiger partial charge in [-0.25, -0.2) is 13.8 Å². The maximum absolute atomic E-state index is 12.5. The Labute approximate surface area is 78.9 Å². The lowest BCUT2D eigenvalue weighted by molar-refractivity contribution is 0.0979. The molecular weight excluding hydrogens is 192 g/mol. The molecule has 1 aromatic rings. The summed E-state index contributed by atoms with van der Waals surface area (Å²) < 4.78 is 25.1. The van der Waals surface area contributed by atoms with Crippen molar-refractivity contribution in [1.82, 2.24) is 4.98 Å². The van der Waals surface area contributed by atoms with Gasteiger partial charge in [0.25, 0.3) is 12.3 Å². The lowest BCUT2D eigenvalue weighted by Crippen LogP contribution is -2.17. The van der Waals surface area contributed by atoms with Crippen LogP contribution in [0.15, 0.2) is 6.20 Å². The molecule has 4 nitrogen and oxygen atoms in total. The number of nitrogens with zero attached hydrogens (tertiary/aromatic N) is 1. The summed E-state index contributed by atoms with van der Waals surface area (Å²) in [5, 5.41) is 0. The summed E-state index contributed by atoms with van der Waals surface area (Å²) in [5.74, 6) is -0.983. The molecule has 4 N–H and O–H groups in total. The molecule has 0 radical (unpaired) electrons. The zero-order chi connectivity index (χ0) is 10.9. The quantitative estimate of drug-likeness (QED) is 0.749. The molecule has 14 heavy (non-hydrogen) atoms. The number of amides is 1. The predicted octanol–water partition coefficient (Wildman–Crippen LogP) is 1.01. The summed E-state index contributed by atoms with van der Waals surface area (Å²) in [6.45, 7) is 1.39. The second-order valence-electron chi connectivity index (χ2n) is 2.77. The van der Waals surface area contributed by atoms with Crippen LogP contribution < -0.4 is 11.5 Å². The number of hydrogen-bond acceptors (Lipinski definition) is 3. The van der Waals surface area contributed by atoms with Crippen molar-refractivity contribution >= 4 is 11.6 Å². The third-order valence-corrected chi connectivity index (χ3v) is 1.88. The molecule has 0 fully saturated rings. The fourth-order valence-corrected chi connectivity index (χ4v) is 1.10. The molecule has 6 heteroatoms. The van der Waals surface area contributed by atoms with Crippen molar-refractivity contribution in [2.24, 2.45) is 5.73 Å². The second-order valence-corrected chi connectivity index (χ2v) is 2.77. The summed E-state index contributed by atoms with van der Waals surface area (Å²) >= 11 is 0. The van der Waals surface area contributed by atoms with E-state index in [1.165, 1.54) is 6.92 Å². The fourth-order valence-electron chi connectivity index (χ4n) is 1.10. The minimum absolute atomic E-state index is 0.116. The molecule has 1 rings (SSSR count). The van der Waals surface area contributed by atoms with Crippen LogP contribution in [-0.2, 0) is 0 Å². The summed E-state index contributed by atoms with van der Waals surface area (Å²) in [6, 6.07) is 0. The Balaban J connectivity index is 3.45. The number of alkyl halides is 2. The molecular formula is C8H9F2N3O. The molecule has 1 amide bonds. The lowest BCUT2D eigenvalue weighted by Gasteiger charge is -2.10. The van der Waals surface area contributed by atoms with Gasteiger partial charge in [-0.05, 0) is 12.5 Å². The van der Waals surface area contributed by atoms with Crippen LogP contribution in [0.2, 0.25) is 0 Å². The van der Waals surface area contributed by atoms with Crippen LogP contribution in [0.25, 0.3) is 0 Å². The Hall–Kier alpha value is -1.72. The summed E-state index contributed by atoms with van der Waals surface area (Å²) in [6.07, 6.45) is -1.67. The van der Waals surface area contributed by atoms with Gasteiger partial charge < -0.3 is 11.5 Å². The van der Waals surface area contributed by atoms with Crippen molar-refractivity contribution in [2.75, 3.05) is 5.73 Å². The van der Waals surface area contributed by atoms with E-state index in [2.05, 4.69) is 4.98 Å². The van der Waals surface area contributed by atoms with Gasteiger partial charge in [0.05, 0.1) is 17.4 Å². The molecule has 0 aliphatic carbocycles. The molecule has 0 saturated carbocycles. The average molecular weight is 201 g/mol. The van der Waals surface area contributed by atoms with Crippen LogP contribution in [-0.4, -0.2) is 10.9 Å². The first-order chi connectivity index (χ1) is 6.45. The van der Waals surface area contributed by atoms with E-state index in [-0.39, 0.29) is 11.3 Å². The number of pyridine rings is 1. The van der Waals surface area contributed by atoms with E-state index in [0.717, 1.165) is 6.20 Å². The van der Waals surface area contributed by atoms with Gasteiger partial charge in [0.2, 0.25) is 0 Å². The SMILES string of the molecule is Cc1c(N)cnc(C(N)=O)c1C(F)F. The summed E-state index contributed by atoms with van der Waals surface area (Å²) in [4.78, 5) is 14.3. The second kappa shape index (κ2) is 3.57. The maximum atomic E-state index is 12.5. The van der Waals surface area contributed by atoms with Crippen LogP contribution in [0.1, 0.15) is 28.0 Å². The molecule has 0 aromatic carbocycles. The van der Waals surface area contributed by atoms with Crippen LogP contribution in [0, 0.1) is 6.92 Å². The van der Waals surface area contributed by atoms with Crippen LogP contribution in [0.4, 0.5) is 14.5 Å². The minimum Gasteiger partial charge on any atom is -0.397 e. The van der Waals surface area contributed by atoms with Crippen molar-refractivity contribution in [3.05, 3.63) is 23.0 Å². The van der Waals surface area contributed by atoms with Gasteiger partial charge in [0, 0.05) is 0 Å². The van der Waals surface area contributed by atoms with Crippen molar-refractivity contribution in [1.29, 1.82) is 0 Å². The number of halogens is 2. The van der Waals surface area contributed by atoms with Gasteiger partial charge >= 0.3 is 0 Å². The Morgan fingerprint density at radius 2 is 2.14 bits per heavy atom. The number of aromatic nitrogens is 1. The number of anilines is 1. The third kappa shape index (κ3) is 1.63. The van der Waals surface area contributed by atoms with E-state index >= 15 is 0 Å². The fraction of sp³-hybridized carbons (Fsp3) is 0.250. The van der Waals surface area contributed by atoms with Crippen LogP contribution in [0.3, 0.4) is 0 Å². The first-order valence-corrected chi connectivity index (χ1v) is 3.78. The third-order valence-electron chi connectivity index (χ3n) is 1.88. The molecule has 0 aliphatic rings. The number of nitrogens with two attached hydrogens (primary N) is 2. The Morgan fingerprint density at radius 3 is 2.57 bits per heavy atom. The highest BCUT2D eigenvalue weighted by atomic mass is 19.3. The Morgan fingerprint density at radius 1 is 1.57 bits per heavy atom. The van der Waals surface area contributed by atoms with E-state index in [4.69, 9.17) is 11.5 Å². The zero-order valence-corrected chi connectivity index (χ0v) is 7.42.